The first-order valence-corrected chi connectivity index (χ1v) is 7.44. The molecule has 0 saturated carbocycles. The molecule has 1 saturated heterocycles. The maximum absolute atomic E-state index is 12.2. The standard InChI is InChI=1S/C15H16N2O2S/c18-14(13-6-9-16-20-13)17-10-7-15(19,8-11-17)12-4-2-1-3-5-12/h1-6,9,19H,7-8,10-11H2. The van der Waals surface area contributed by atoms with Crippen LogP contribution in [0.5, 0.6) is 0 Å². The van der Waals surface area contributed by atoms with Crippen molar-refractivity contribution >= 4 is 17.4 Å². The Morgan fingerprint density at radius 1 is 1.20 bits per heavy atom. The number of carbonyl (C=O) groups excluding carboxylic acids is 1. The van der Waals surface area contributed by atoms with Gasteiger partial charge in [0.15, 0.2) is 0 Å². The lowest BCUT2D eigenvalue weighted by Crippen LogP contribution is -2.45. The Balaban J connectivity index is 1.69. The molecule has 2 aromatic rings. The van der Waals surface area contributed by atoms with Crippen molar-refractivity contribution < 1.29 is 9.90 Å². The molecule has 5 heteroatoms. The van der Waals surface area contributed by atoms with E-state index in [4.69, 9.17) is 0 Å². The van der Waals surface area contributed by atoms with Crippen LogP contribution in [-0.2, 0) is 5.60 Å². The van der Waals surface area contributed by atoms with Crippen molar-refractivity contribution in [2.24, 2.45) is 0 Å². The number of nitrogens with zero attached hydrogens (tertiary/aromatic N) is 2. The van der Waals surface area contributed by atoms with Crippen molar-refractivity contribution in [2.75, 3.05) is 13.1 Å². The summed E-state index contributed by atoms with van der Waals surface area (Å²) in [5, 5.41) is 10.7. The number of amides is 1. The van der Waals surface area contributed by atoms with Gasteiger partial charge >= 0.3 is 0 Å². The largest absolute Gasteiger partial charge is 0.385 e. The van der Waals surface area contributed by atoms with Crippen LogP contribution in [-0.4, -0.2) is 33.4 Å². The van der Waals surface area contributed by atoms with Gasteiger partial charge in [0.25, 0.3) is 5.91 Å². The van der Waals surface area contributed by atoms with E-state index in [0.29, 0.717) is 30.8 Å². The molecule has 0 unspecified atom stereocenters. The number of hydrogen-bond acceptors (Lipinski definition) is 4. The average molecular weight is 288 g/mol. The van der Waals surface area contributed by atoms with Crippen LogP contribution < -0.4 is 0 Å². The number of hydrogen-bond donors (Lipinski definition) is 1. The Hall–Kier alpha value is -1.72. The SMILES string of the molecule is O=C(c1ccns1)N1CCC(O)(c2ccccc2)CC1. The quantitative estimate of drug-likeness (QED) is 0.922. The maximum atomic E-state index is 12.2. The second-order valence-corrected chi connectivity index (χ2v) is 5.90. The molecule has 0 radical (unpaired) electrons. The molecule has 1 aromatic heterocycles. The first kappa shape index (κ1) is 13.3. The highest BCUT2D eigenvalue weighted by atomic mass is 32.1. The highest BCUT2D eigenvalue weighted by Gasteiger charge is 2.35. The lowest BCUT2D eigenvalue weighted by Gasteiger charge is -2.38. The van der Waals surface area contributed by atoms with Gasteiger partial charge in [0, 0.05) is 19.3 Å². The van der Waals surface area contributed by atoms with Gasteiger partial charge in [-0.2, -0.15) is 0 Å². The smallest absolute Gasteiger partial charge is 0.265 e. The molecule has 1 amide bonds. The van der Waals surface area contributed by atoms with Crippen molar-refractivity contribution in [1.29, 1.82) is 0 Å². The van der Waals surface area contributed by atoms with E-state index < -0.39 is 5.60 Å². The molecule has 4 nitrogen and oxygen atoms in total. The zero-order valence-corrected chi connectivity index (χ0v) is 11.8. The summed E-state index contributed by atoms with van der Waals surface area (Å²) in [5.74, 6) is 0.0163. The minimum Gasteiger partial charge on any atom is -0.385 e. The molecule has 1 aliphatic rings. The molecule has 0 bridgehead atoms. The van der Waals surface area contributed by atoms with Gasteiger partial charge in [-0.3, -0.25) is 4.79 Å². The molecule has 1 fully saturated rings. The summed E-state index contributed by atoms with van der Waals surface area (Å²) in [6.07, 6.45) is 2.78. The number of aromatic nitrogens is 1. The molecule has 0 aliphatic carbocycles. The van der Waals surface area contributed by atoms with E-state index in [9.17, 15) is 9.90 Å². The topological polar surface area (TPSA) is 53.4 Å². The predicted molar refractivity (Wildman–Crippen MR) is 77.6 cm³/mol. The average Bonchev–Trinajstić information content (AvgIpc) is 3.02. The molecule has 1 aromatic carbocycles. The van der Waals surface area contributed by atoms with Crippen molar-refractivity contribution in [2.45, 2.75) is 18.4 Å². The van der Waals surface area contributed by atoms with E-state index in [-0.39, 0.29) is 5.91 Å². The molecular weight excluding hydrogens is 272 g/mol. The van der Waals surface area contributed by atoms with Crippen LogP contribution in [0.4, 0.5) is 0 Å². The van der Waals surface area contributed by atoms with Crippen LogP contribution in [0, 0.1) is 0 Å². The number of aliphatic hydroxyl groups is 1. The second kappa shape index (κ2) is 5.34. The fourth-order valence-corrected chi connectivity index (χ4v) is 3.16. The zero-order chi connectivity index (χ0) is 14.0. The summed E-state index contributed by atoms with van der Waals surface area (Å²) >= 11 is 1.22. The van der Waals surface area contributed by atoms with Gasteiger partial charge in [0.05, 0.1) is 5.60 Å². The van der Waals surface area contributed by atoms with Crippen molar-refractivity contribution in [3.8, 4) is 0 Å². The van der Waals surface area contributed by atoms with Gasteiger partial charge in [-0.25, -0.2) is 4.37 Å². The molecule has 1 N–H and O–H groups in total. The van der Waals surface area contributed by atoms with Crippen molar-refractivity contribution in [1.82, 2.24) is 9.27 Å². The minimum absolute atomic E-state index is 0.0163. The van der Waals surface area contributed by atoms with E-state index >= 15 is 0 Å². The first-order valence-electron chi connectivity index (χ1n) is 6.67. The lowest BCUT2D eigenvalue weighted by molar-refractivity contribution is -0.0210. The second-order valence-electron chi connectivity index (χ2n) is 5.07. The van der Waals surface area contributed by atoms with Gasteiger partial charge in [-0.1, -0.05) is 30.3 Å². The Labute approximate surface area is 121 Å². The fraction of sp³-hybridized carbons (Fsp3) is 0.333. The summed E-state index contributed by atoms with van der Waals surface area (Å²) in [5.41, 5.74) is 0.121. The third kappa shape index (κ3) is 2.46. The normalized spacial score (nSPS) is 17.9. The van der Waals surface area contributed by atoms with Gasteiger partial charge < -0.3 is 10.0 Å². The third-order valence-corrected chi connectivity index (χ3v) is 4.57. The maximum Gasteiger partial charge on any atom is 0.265 e. The number of piperidine rings is 1. The molecule has 0 spiro atoms. The van der Waals surface area contributed by atoms with E-state index in [1.54, 1.807) is 17.2 Å². The molecule has 0 atom stereocenters. The highest BCUT2D eigenvalue weighted by Crippen LogP contribution is 2.33. The lowest BCUT2D eigenvalue weighted by atomic mass is 9.84. The van der Waals surface area contributed by atoms with Gasteiger partial charge in [-0.05, 0) is 36.0 Å². The molecule has 1 aliphatic heterocycles. The summed E-state index contributed by atoms with van der Waals surface area (Å²) in [4.78, 5) is 14.7. The van der Waals surface area contributed by atoms with E-state index in [1.807, 2.05) is 30.3 Å². The van der Waals surface area contributed by atoms with Crippen LogP contribution in [0.1, 0.15) is 28.1 Å². The zero-order valence-electron chi connectivity index (χ0n) is 11.0. The summed E-state index contributed by atoms with van der Waals surface area (Å²) < 4.78 is 3.96. The Morgan fingerprint density at radius 3 is 2.50 bits per heavy atom. The molecule has 104 valence electrons. The highest BCUT2D eigenvalue weighted by molar-refractivity contribution is 7.08. The Bertz CT molecular complexity index is 575. The number of likely N-dealkylation sites (tertiary alicyclic amines) is 1. The molecule has 20 heavy (non-hydrogen) atoms. The summed E-state index contributed by atoms with van der Waals surface area (Å²) in [6, 6.07) is 11.4. The number of benzene rings is 1. The van der Waals surface area contributed by atoms with E-state index in [1.165, 1.54) is 11.5 Å². The molecular formula is C15H16N2O2S. The van der Waals surface area contributed by atoms with E-state index in [0.717, 1.165) is 5.56 Å². The van der Waals surface area contributed by atoms with Gasteiger partial charge in [-0.15, -0.1) is 0 Å². The van der Waals surface area contributed by atoms with Gasteiger partial charge in [0.2, 0.25) is 0 Å². The van der Waals surface area contributed by atoms with Crippen LogP contribution in [0.2, 0.25) is 0 Å². The monoisotopic (exact) mass is 288 g/mol. The van der Waals surface area contributed by atoms with Crippen molar-refractivity contribution in [3.05, 3.63) is 53.0 Å². The minimum atomic E-state index is -0.814. The molecule has 2 heterocycles. The van der Waals surface area contributed by atoms with E-state index in [2.05, 4.69) is 4.37 Å². The third-order valence-electron chi connectivity index (χ3n) is 3.84. The Morgan fingerprint density at radius 2 is 1.90 bits per heavy atom. The van der Waals surface area contributed by atoms with Crippen LogP contribution in [0.3, 0.4) is 0 Å². The van der Waals surface area contributed by atoms with Crippen LogP contribution in [0.25, 0.3) is 0 Å². The van der Waals surface area contributed by atoms with Crippen LogP contribution >= 0.6 is 11.5 Å². The van der Waals surface area contributed by atoms with Crippen molar-refractivity contribution in [3.63, 3.8) is 0 Å². The Kier molecular flexibility index (Phi) is 3.54. The number of rotatable bonds is 2. The number of carbonyl (C=O) groups is 1. The first-order chi connectivity index (χ1) is 9.69. The molecule has 3 rings (SSSR count). The summed E-state index contributed by atoms with van der Waals surface area (Å²) in [6.45, 7) is 1.14. The summed E-state index contributed by atoms with van der Waals surface area (Å²) in [7, 11) is 0. The van der Waals surface area contributed by atoms with Gasteiger partial charge in [0.1, 0.15) is 4.88 Å². The fourth-order valence-electron chi connectivity index (χ4n) is 2.60. The van der Waals surface area contributed by atoms with Crippen LogP contribution in [0.15, 0.2) is 42.6 Å². The predicted octanol–water partition coefficient (Wildman–Crippen LogP) is 2.27.